The Labute approximate surface area is 79.9 Å². The van der Waals surface area contributed by atoms with Crippen LogP contribution < -0.4 is 0 Å². The molecule has 1 aliphatic rings. The van der Waals surface area contributed by atoms with Gasteiger partial charge in [0.25, 0.3) is 0 Å². The second kappa shape index (κ2) is 3.91. The van der Waals surface area contributed by atoms with Crippen molar-refractivity contribution in [1.29, 1.82) is 5.26 Å². The van der Waals surface area contributed by atoms with Gasteiger partial charge in [0.15, 0.2) is 0 Å². The van der Waals surface area contributed by atoms with Crippen LogP contribution >= 0.6 is 0 Å². The molecule has 1 rings (SSSR count). The molecule has 0 bridgehead atoms. The molecule has 2 heteroatoms. The van der Waals surface area contributed by atoms with Crippen LogP contribution in [0.5, 0.6) is 0 Å². The molecule has 13 heavy (non-hydrogen) atoms. The summed E-state index contributed by atoms with van der Waals surface area (Å²) in [5.41, 5.74) is -0.192. The summed E-state index contributed by atoms with van der Waals surface area (Å²) in [6.45, 7) is 4.14. The molecular formula is C11H17NO. The van der Waals surface area contributed by atoms with E-state index in [1.807, 2.05) is 6.92 Å². The summed E-state index contributed by atoms with van der Waals surface area (Å²) in [5.74, 6) is 0.907. The van der Waals surface area contributed by atoms with Crippen LogP contribution in [0.4, 0.5) is 0 Å². The minimum absolute atomic E-state index is 0.192. The van der Waals surface area contributed by atoms with Crippen molar-refractivity contribution in [2.45, 2.75) is 46.0 Å². The molecule has 0 unspecified atom stereocenters. The summed E-state index contributed by atoms with van der Waals surface area (Å²) in [6, 6.07) is 2.12. The van der Waals surface area contributed by atoms with E-state index in [-0.39, 0.29) is 5.41 Å². The van der Waals surface area contributed by atoms with Crippen molar-refractivity contribution in [2.75, 3.05) is 0 Å². The molecule has 1 saturated carbocycles. The first-order chi connectivity index (χ1) is 6.08. The third kappa shape index (κ3) is 2.30. The van der Waals surface area contributed by atoms with Crippen molar-refractivity contribution in [2.24, 2.45) is 11.3 Å². The first-order valence-electron chi connectivity index (χ1n) is 4.99. The molecule has 0 saturated heterocycles. The van der Waals surface area contributed by atoms with Gasteiger partial charge in [-0.2, -0.15) is 5.26 Å². The molecule has 0 aromatic carbocycles. The lowest BCUT2D eigenvalue weighted by Crippen LogP contribution is -2.33. The molecule has 0 spiro atoms. The van der Waals surface area contributed by atoms with E-state index in [2.05, 4.69) is 13.0 Å². The number of hydrogen-bond acceptors (Lipinski definition) is 2. The standard InChI is InChI=1S/C11H17NO/c1-9-4-6-11(2,5-3-7-12)10(13)8-9/h9H,3-6,8H2,1-2H3/t9-,11+/m1/s1. The van der Waals surface area contributed by atoms with Crippen LogP contribution in [0.3, 0.4) is 0 Å². The Hall–Kier alpha value is -0.840. The molecular weight excluding hydrogens is 162 g/mol. The zero-order chi connectivity index (χ0) is 9.90. The number of hydrogen-bond donors (Lipinski definition) is 0. The van der Waals surface area contributed by atoms with Gasteiger partial charge in [0, 0.05) is 18.3 Å². The minimum Gasteiger partial charge on any atom is -0.299 e. The molecule has 2 atom stereocenters. The number of carbonyl (C=O) groups excluding carboxylic acids is 1. The van der Waals surface area contributed by atoms with E-state index >= 15 is 0 Å². The maximum Gasteiger partial charge on any atom is 0.139 e. The predicted octanol–water partition coefficient (Wildman–Crippen LogP) is 2.69. The quantitative estimate of drug-likeness (QED) is 0.654. The van der Waals surface area contributed by atoms with Gasteiger partial charge >= 0.3 is 0 Å². The fraction of sp³-hybridized carbons (Fsp3) is 0.818. The van der Waals surface area contributed by atoms with Crippen LogP contribution in [-0.4, -0.2) is 5.78 Å². The van der Waals surface area contributed by atoms with Gasteiger partial charge in [0.05, 0.1) is 6.07 Å². The van der Waals surface area contributed by atoms with Crippen molar-refractivity contribution >= 4 is 5.78 Å². The Balaban J connectivity index is 2.58. The van der Waals surface area contributed by atoms with E-state index in [0.717, 1.165) is 19.3 Å². The van der Waals surface area contributed by atoms with Gasteiger partial charge in [-0.25, -0.2) is 0 Å². The largest absolute Gasteiger partial charge is 0.299 e. The lowest BCUT2D eigenvalue weighted by Gasteiger charge is -2.34. The summed E-state index contributed by atoms with van der Waals surface area (Å²) in [7, 11) is 0. The van der Waals surface area contributed by atoms with Crippen LogP contribution in [0, 0.1) is 22.7 Å². The van der Waals surface area contributed by atoms with E-state index in [1.165, 1.54) is 0 Å². The normalized spacial score (nSPS) is 34.2. The number of ketones is 1. The minimum atomic E-state index is -0.192. The molecule has 72 valence electrons. The fourth-order valence-electron chi connectivity index (χ4n) is 1.97. The SMILES string of the molecule is C[C@@H]1CC[C@](C)(CCC#N)C(=O)C1. The van der Waals surface area contributed by atoms with Gasteiger partial charge in [0.1, 0.15) is 5.78 Å². The molecule has 1 aliphatic carbocycles. The van der Waals surface area contributed by atoms with E-state index in [0.29, 0.717) is 24.5 Å². The molecule has 0 aliphatic heterocycles. The zero-order valence-corrected chi connectivity index (χ0v) is 8.47. The molecule has 0 radical (unpaired) electrons. The fourth-order valence-corrected chi connectivity index (χ4v) is 1.97. The smallest absolute Gasteiger partial charge is 0.139 e. The molecule has 0 amide bonds. The third-order valence-corrected chi connectivity index (χ3v) is 3.18. The van der Waals surface area contributed by atoms with Gasteiger partial charge in [0.2, 0.25) is 0 Å². The molecule has 0 N–H and O–H groups in total. The molecule has 1 fully saturated rings. The highest BCUT2D eigenvalue weighted by atomic mass is 16.1. The Morgan fingerprint density at radius 3 is 2.92 bits per heavy atom. The first-order valence-corrected chi connectivity index (χ1v) is 4.99. The molecule has 2 nitrogen and oxygen atoms in total. The number of Topliss-reactive ketones (excluding diaryl/α,β-unsaturated/α-hetero) is 1. The average Bonchev–Trinajstić information content (AvgIpc) is 2.09. The Bertz CT molecular complexity index is 241. The molecule has 0 heterocycles. The number of nitrogens with zero attached hydrogens (tertiary/aromatic N) is 1. The van der Waals surface area contributed by atoms with Crippen LogP contribution in [0.15, 0.2) is 0 Å². The van der Waals surface area contributed by atoms with Gasteiger partial charge < -0.3 is 0 Å². The van der Waals surface area contributed by atoms with Crippen LogP contribution in [0.25, 0.3) is 0 Å². The van der Waals surface area contributed by atoms with Crippen molar-refractivity contribution in [3.63, 3.8) is 0 Å². The summed E-state index contributed by atoms with van der Waals surface area (Å²) < 4.78 is 0. The van der Waals surface area contributed by atoms with Crippen molar-refractivity contribution in [1.82, 2.24) is 0 Å². The zero-order valence-electron chi connectivity index (χ0n) is 8.47. The van der Waals surface area contributed by atoms with Crippen molar-refractivity contribution < 1.29 is 4.79 Å². The van der Waals surface area contributed by atoms with Gasteiger partial charge in [-0.1, -0.05) is 13.8 Å². The highest BCUT2D eigenvalue weighted by Crippen LogP contribution is 2.38. The number of nitriles is 1. The van der Waals surface area contributed by atoms with E-state index in [4.69, 9.17) is 5.26 Å². The van der Waals surface area contributed by atoms with Gasteiger partial charge in [-0.15, -0.1) is 0 Å². The summed E-state index contributed by atoms with van der Waals surface area (Å²) >= 11 is 0. The van der Waals surface area contributed by atoms with Crippen molar-refractivity contribution in [3.05, 3.63) is 0 Å². The lowest BCUT2D eigenvalue weighted by atomic mass is 9.69. The Kier molecular flexibility index (Phi) is 3.08. The molecule has 0 aromatic rings. The average molecular weight is 179 g/mol. The third-order valence-electron chi connectivity index (χ3n) is 3.18. The number of carbonyl (C=O) groups is 1. The monoisotopic (exact) mass is 179 g/mol. The van der Waals surface area contributed by atoms with Crippen LogP contribution in [-0.2, 0) is 4.79 Å². The highest BCUT2D eigenvalue weighted by Gasteiger charge is 2.36. The highest BCUT2D eigenvalue weighted by molar-refractivity contribution is 5.85. The second-order valence-corrected chi connectivity index (χ2v) is 4.49. The van der Waals surface area contributed by atoms with Gasteiger partial charge in [-0.05, 0) is 25.2 Å². The topological polar surface area (TPSA) is 40.9 Å². The Morgan fingerprint density at radius 2 is 2.38 bits per heavy atom. The first kappa shape index (κ1) is 10.2. The summed E-state index contributed by atoms with van der Waals surface area (Å²) in [6.07, 6.45) is 4.07. The lowest BCUT2D eigenvalue weighted by molar-refractivity contribution is -0.132. The van der Waals surface area contributed by atoms with Crippen LogP contribution in [0.1, 0.15) is 46.0 Å². The maximum absolute atomic E-state index is 11.7. The van der Waals surface area contributed by atoms with Gasteiger partial charge in [-0.3, -0.25) is 4.79 Å². The van der Waals surface area contributed by atoms with E-state index < -0.39 is 0 Å². The molecule has 0 aromatic heterocycles. The summed E-state index contributed by atoms with van der Waals surface area (Å²) in [5, 5.41) is 8.49. The Morgan fingerprint density at radius 1 is 1.69 bits per heavy atom. The predicted molar refractivity (Wildman–Crippen MR) is 51.0 cm³/mol. The summed E-state index contributed by atoms with van der Waals surface area (Å²) in [4.78, 5) is 11.7. The van der Waals surface area contributed by atoms with E-state index in [9.17, 15) is 4.79 Å². The maximum atomic E-state index is 11.7. The van der Waals surface area contributed by atoms with Crippen LogP contribution in [0.2, 0.25) is 0 Å². The van der Waals surface area contributed by atoms with E-state index in [1.54, 1.807) is 0 Å². The number of rotatable bonds is 2. The second-order valence-electron chi connectivity index (χ2n) is 4.49. The van der Waals surface area contributed by atoms with Crippen molar-refractivity contribution in [3.8, 4) is 6.07 Å².